The lowest BCUT2D eigenvalue weighted by molar-refractivity contribution is -0.131. The van der Waals surface area contributed by atoms with Crippen LogP contribution in [0, 0.1) is 25.6 Å². The Labute approximate surface area is 149 Å². The Hall–Kier alpha value is -3.35. The van der Waals surface area contributed by atoms with Crippen LogP contribution < -0.4 is 10.2 Å². The van der Waals surface area contributed by atoms with Crippen molar-refractivity contribution in [3.63, 3.8) is 0 Å². The van der Waals surface area contributed by atoms with Crippen LogP contribution in [0.15, 0.2) is 47.5 Å². The fourth-order valence-electron chi connectivity index (χ4n) is 2.57. The molecule has 4 amide bonds. The molecule has 1 saturated heterocycles. The van der Waals surface area contributed by atoms with Crippen LogP contribution in [-0.4, -0.2) is 24.1 Å². The minimum absolute atomic E-state index is 0.173. The molecule has 0 spiro atoms. The predicted molar refractivity (Wildman–Crippen MR) is 95.0 cm³/mol. The van der Waals surface area contributed by atoms with Gasteiger partial charge in [-0.15, -0.1) is 0 Å². The minimum atomic E-state index is -1.25. The van der Waals surface area contributed by atoms with Crippen LogP contribution in [0.25, 0.3) is 0 Å². The first kappa shape index (κ1) is 17.5. The maximum absolute atomic E-state index is 13.1. The van der Waals surface area contributed by atoms with E-state index in [-0.39, 0.29) is 5.69 Å². The van der Waals surface area contributed by atoms with Gasteiger partial charge in [0.2, 0.25) is 5.91 Å². The topological polar surface area (TPSA) is 78.8 Å². The van der Waals surface area contributed by atoms with E-state index in [1.807, 2.05) is 32.0 Å². The zero-order chi connectivity index (χ0) is 18.8. The van der Waals surface area contributed by atoms with Gasteiger partial charge >= 0.3 is 6.03 Å². The van der Waals surface area contributed by atoms with E-state index in [9.17, 15) is 18.8 Å². The Balaban J connectivity index is 1.91. The highest BCUT2D eigenvalue weighted by atomic mass is 19.1. The van der Waals surface area contributed by atoms with Crippen LogP contribution in [-0.2, 0) is 9.59 Å². The first-order valence-corrected chi connectivity index (χ1v) is 7.92. The van der Waals surface area contributed by atoms with E-state index in [4.69, 9.17) is 0 Å². The average Bonchev–Trinajstić information content (AvgIpc) is 2.59. The van der Waals surface area contributed by atoms with Gasteiger partial charge in [0.1, 0.15) is 5.82 Å². The van der Waals surface area contributed by atoms with Gasteiger partial charge in [-0.25, -0.2) is 14.1 Å². The Morgan fingerprint density at radius 3 is 2.46 bits per heavy atom. The number of imide groups is 2. The number of aryl methyl sites for hydroxylation is 2. The molecule has 2 aromatic carbocycles. The van der Waals surface area contributed by atoms with Crippen LogP contribution >= 0.6 is 0 Å². The molecule has 1 N–H and O–H groups in total. The molecule has 0 radical (unpaired) electrons. The number of aliphatic imine (C=N–C) groups is 1. The Kier molecular flexibility index (Phi) is 4.62. The van der Waals surface area contributed by atoms with E-state index >= 15 is 0 Å². The summed E-state index contributed by atoms with van der Waals surface area (Å²) in [6, 6.07) is 9.63. The van der Waals surface area contributed by atoms with Crippen molar-refractivity contribution in [2.45, 2.75) is 13.8 Å². The molecule has 0 unspecified atom stereocenters. The molecule has 1 aliphatic heterocycles. The SMILES string of the molecule is Cc1ccc(C)c(N=C[C@@H]2C(=O)NC(=O)N(c3ccc(F)cc3)C2=O)c1. The lowest BCUT2D eigenvalue weighted by Crippen LogP contribution is -2.58. The van der Waals surface area contributed by atoms with E-state index in [1.165, 1.54) is 18.3 Å². The highest BCUT2D eigenvalue weighted by Crippen LogP contribution is 2.23. The van der Waals surface area contributed by atoms with E-state index in [1.54, 1.807) is 0 Å². The van der Waals surface area contributed by atoms with Crippen molar-refractivity contribution in [1.82, 2.24) is 5.32 Å². The van der Waals surface area contributed by atoms with E-state index in [0.717, 1.165) is 28.2 Å². The molecule has 0 aliphatic carbocycles. The number of nitrogens with zero attached hydrogens (tertiary/aromatic N) is 2. The number of hydrogen-bond acceptors (Lipinski definition) is 4. The van der Waals surface area contributed by atoms with Crippen molar-refractivity contribution in [3.8, 4) is 0 Å². The fraction of sp³-hybridized carbons (Fsp3) is 0.158. The van der Waals surface area contributed by atoms with Gasteiger partial charge in [-0.3, -0.25) is 19.9 Å². The normalized spacial score (nSPS) is 17.7. The number of benzene rings is 2. The maximum Gasteiger partial charge on any atom is 0.335 e. The summed E-state index contributed by atoms with van der Waals surface area (Å²) < 4.78 is 13.1. The summed E-state index contributed by atoms with van der Waals surface area (Å²) in [5.74, 6) is -3.23. The van der Waals surface area contributed by atoms with Crippen LogP contribution in [0.5, 0.6) is 0 Å². The van der Waals surface area contributed by atoms with Gasteiger partial charge in [-0.1, -0.05) is 12.1 Å². The molecule has 1 fully saturated rings. The average molecular weight is 353 g/mol. The van der Waals surface area contributed by atoms with E-state index < -0.39 is 29.6 Å². The van der Waals surface area contributed by atoms with E-state index in [2.05, 4.69) is 10.3 Å². The van der Waals surface area contributed by atoms with Gasteiger partial charge in [0.15, 0.2) is 5.92 Å². The largest absolute Gasteiger partial charge is 0.335 e. The number of barbiturate groups is 1. The van der Waals surface area contributed by atoms with Crippen molar-refractivity contribution in [3.05, 3.63) is 59.4 Å². The summed E-state index contributed by atoms with van der Waals surface area (Å²) in [5.41, 5.74) is 2.69. The Morgan fingerprint density at radius 1 is 1.08 bits per heavy atom. The van der Waals surface area contributed by atoms with Gasteiger partial charge in [0, 0.05) is 6.21 Å². The summed E-state index contributed by atoms with van der Waals surface area (Å²) in [6.45, 7) is 3.77. The van der Waals surface area contributed by atoms with Gasteiger partial charge in [-0.05, 0) is 55.3 Å². The lowest BCUT2D eigenvalue weighted by Gasteiger charge is -2.28. The Morgan fingerprint density at radius 2 is 1.77 bits per heavy atom. The fourth-order valence-corrected chi connectivity index (χ4v) is 2.57. The minimum Gasteiger partial charge on any atom is -0.276 e. The molecule has 1 aliphatic rings. The second-order valence-corrected chi connectivity index (χ2v) is 5.99. The van der Waals surface area contributed by atoms with Crippen molar-refractivity contribution in [2.24, 2.45) is 10.9 Å². The maximum atomic E-state index is 13.1. The third-order valence-electron chi connectivity index (χ3n) is 4.01. The lowest BCUT2D eigenvalue weighted by atomic mass is 10.1. The van der Waals surface area contributed by atoms with Crippen molar-refractivity contribution < 1.29 is 18.8 Å². The molecule has 1 atom stereocenters. The molecule has 0 saturated carbocycles. The number of amides is 4. The molecule has 7 heteroatoms. The molecule has 2 aromatic rings. The number of rotatable bonds is 3. The van der Waals surface area contributed by atoms with E-state index in [0.29, 0.717) is 5.69 Å². The number of carbonyl (C=O) groups is 3. The van der Waals surface area contributed by atoms with Gasteiger partial charge < -0.3 is 0 Å². The highest BCUT2D eigenvalue weighted by molar-refractivity contribution is 6.32. The predicted octanol–water partition coefficient (Wildman–Crippen LogP) is 3.04. The van der Waals surface area contributed by atoms with Crippen LogP contribution in [0.2, 0.25) is 0 Å². The number of anilines is 1. The third-order valence-corrected chi connectivity index (χ3v) is 4.01. The van der Waals surface area contributed by atoms with Crippen molar-refractivity contribution >= 4 is 35.4 Å². The summed E-state index contributed by atoms with van der Waals surface area (Å²) in [7, 11) is 0. The second-order valence-electron chi connectivity index (χ2n) is 5.99. The molecule has 6 nitrogen and oxygen atoms in total. The third kappa shape index (κ3) is 3.37. The van der Waals surface area contributed by atoms with Gasteiger partial charge in [-0.2, -0.15) is 0 Å². The molecule has 132 valence electrons. The monoisotopic (exact) mass is 353 g/mol. The zero-order valence-corrected chi connectivity index (χ0v) is 14.2. The molecule has 3 rings (SSSR count). The molecule has 26 heavy (non-hydrogen) atoms. The highest BCUT2D eigenvalue weighted by Gasteiger charge is 2.40. The van der Waals surface area contributed by atoms with Crippen LogP contribution in [0.4, 0.5) is 20.6 Å². The summed E-state index contributed by atoms with van der Waals surface area (Å²) >= 11 is 0. The van der Waals surface area contributed by atoms with Crippen LogP contribution in [0.3, 0.4) is 0 Å². The molecular weight excluding hydrogens is 337 g/mol. The smallest absolute Gasteiger partial charge is 0.276 e. The van der Waals surface area contributed by atoms with Crippen molar-refractivity contribution in [2.75, 3.05) is 4.90 Å². The second kappa shape index (κ2) is 6.87. The number of urea groups is 1. The zero-order valence-electron chi connectivity index (χ0n) is 14.2. The quantitative estimate of drug-likeness (QED) is 0.680. The van der Waals surface area contributed by atoms with Crippen LogP contribution in [0.1, 0.15) is 11.1 Å². The number of halogens is 1. The standard InChI is InChI=1S/C19H16FN3O3/c1-11-3-4-12(2)16(9-11)21-10-15-17(24)22-19(26)23(18(15)25)14-7-5-13(20)6-8-14/h3-10,15H,1-2H3,(H,22,24,26)/t15-/m1/s1. The number of nitrogens with one attached hydrogen (secondary N) is 1. The van der Waals surface area contributed by atoms with Gasteiger partial charge in [0.25, 0.3) is 5.91 Å². The number of hydrogen-bond donors (Lipinski definition) is 1. The first-order chi connectivity index (χ1) is 12.4. The summed E-state index contributed by atoms with van der Waals surface area (Å²) in [4.78, 5) is 41.9. The Bertz CT molecular complexity index is 922. The summed E-state index contributed by atoms with van der Waals surface area (Å²) in [6.07, 6.45) is 1.22. The molecule has 1 heterocycles. The summed E-state index contributed by atoms with van der Waals surface area (Å²) in [5, 5.41) is 2.13. The first-order valence-electron chi connectivity index (χ1n) is 7.92. The van der Waals surface area contributed by atoms with Gasteiger partial charge in [0.05, 0.1) is 11.4 Å². The molecule has 0 bridgehead atoms. The number of carbonyl (C=O) groups excluding carboxylic acids is 3. The van der Waals surface area contributed by atoms with Crippen molar-refractivity contribution in [1.29, 1.82) is 0 Å². The molecule has 0 aromatic heterocycles. The molecular formula is C19H16FN3O3.